The van der Waals surface area contributed by atoms with Gasteiger partial charge in [0.25, 0.3) is 0 Å². The molecular formula is C19H21NO2. The summed E-state index contributed by atoms with van der Waals surface area (Å²) >= 11 is 0. The molecule has 3 nitrogen and oxygen atoms in total. The monoisotopic (exact) mass is 295 g/mol. The van der Waals surface area contributed by atoms with Crippen LogP contribution in [-0.2, 0) is 16.0 Å². The Labute approximate surface area is 130 Å². The molecule has 1 aliphatic rings. The van der Waals surface area contributed by atoms with Crippen molar-refractivity contribution in [2.45, 2.75) is 39.0 Å². The van der Waals surface area contributed by atoms with Crippen molar-refractivity contribution in [3.63, 3.8) is 0 Å². The number of benzene rings is 2. The van der Waals surface area contributed by atoms with Crippen LogP contribution in [0, 0.1) is 0 Å². The minimum Gasteiger partial charge on any atom is -0.312 e. The Hall–Kier alpha value is -2.16. The molecule has 0 radical (unpaired) electrons. The van der Waals surface area contributed by atoms with E-state index < -0.39 is 0 Å². The van der Waals surface area contributed by atoms with Crippen LogP contribution in [0.2, 0.25) is 0 Å². The van der Waals surface area contributed by atoms with Gasteiger partial charge >= 0.3 is 0 Å². The van der Waals surface area contributed by atoms with E-state index in [9.17, 15) is 9.59 Å². The molecule has 1 amide bonds. The van der Waals surface area contributed by atoms with Gasteiger partial charge in [0, 0.05) is 18.7 Å². The zero-order chi connectivity index (χ0) is 15.5. The Morgan fingerprint density at radius 2 is 1.82 bits per heavy atom. The van der Waals surface area contributed by atoms with Gasteiger partial charge < -0.3 is 4.90 Å². The van der Waals surface area contributed by atoms with Crippen LogP contribution in [0.1, 0.15) is 38.2 Å². The number of carbonyl (C=O) groups is 2. The molecule has 0 N–H and O–H groups in total. The van der Waals surface area contributed by atoms with E-state index in [1.54, 1.807) is 0 Å². The standard InChI is InChI=1S/C19H21NO2/c1-2-3-6-11-20-18-10-9-14-7-4-5-8-16(14)17(18)12-15(21)13-19(20)22/h4-5,7-10H,2-3,6,11-13H2,1H3. The fraction of sp³-hybridized carbons (Fsp3) is 0.368. The third kappa shape index (κ3) is 2.76. The molecule has 3 rings (SSSR count). The summed E-state index contributed by atoms with van der Waals surface area (Å²) in [5.41, 5.74) is 1.93. The van der Waals surface area contributed by atoms with Crippen LogP contribution in [0.5, 0.6) is 0 Å². The van der Waals surface area contributed by atoms with Gasteiger partial charge in [-0.1, -0.05) is 50.1 Å². The normalized spacial score (nSPS) is 15.0. The van der Waals surface area contributed by atoms with Crippen molar-refractivity contribution in [2.75, 3.05) is 11.4 Å². The van der Waals surface area contributed by atoms with Crippen molar-refractivity contribution in [1.82, 2.24) is 0 Å². The molecule has 0 bridgehead atoms. The fourth-order valence-electron chi connectivity index (χ4n) is 3.19. The zero-order valence-electron chi connectivity index (χ0n) is 13.0. The second kappa shape index (κ2) is 6.30. The fourth-order valence-corrected chi connectivity index (χ4v) is 3.19. The van der Waals surface area contributed by atoms with Crippen molar-refractivity contribution in [3.05, 3.63) is 42.0 Å². The Bertz CT molecular complexity index is 720. The van der Waals surface area contributed by atoms with Gasteiger partial charge in [-0.15, -0.1) is 0 Å². The summed E-state index contributed by atoms with van der Waals surface area (Å²) in [6.45, 7) is 2.85. The van der Waals surface area contributed by atoms with E-state index in [-0.39, 0.29) is 18.1 Å². The lowest BCUT2D eigenvalue weighted by molar-refractivity contribution is -0.126. The maximum atomic E-state index is 12.4. The van der Waals surface area contributed by atoms with Gasteiger partial charge in [0.05, 0.1) is 6.42 Å². The van der Waals surface area contributed by atoms with E-state index in [1.165, 1.54) is 0 Å². The lowest BCUT2D eigenvalue weighted by Gasteiger charge is -2.23. The van der Waals surface area contributed by atoms with Crippen LogP contribution in [0.15, 0.2) is 36.4 Å². The molecule has 2 aromatic carbocycles. The molecule has 3 heteroatoms. The van der Waals surface area contributed by atoms with E-state index in [0.717, 1.165) is 41.3 Å². The Morgan fingerprint density at radius 3 is 2.64 bits per heavy atom. The quantitative estimate of drug-likeness (QED) is 0.634. The molecule has 114 valence electrons. The van der Waals surface area contributed by atoms with Gasteiger partial charge in [0.2, 0.25) is 5.91 Å². The number of fused-ring (bicyclic) bond motifs is 3. The summed E-state index contributed by atoms with van der Waals surface area (Å²) in [6, 6.07) is 12.1. The number of carbonyl (C=O) groups excluding carboxylic acids is 2. The Morgan fingerprint density at radius 1 is 1.00 bits per heavy atom. The number of anilines is 1. The number of rotatable bonds is 4. The van der Waals surface area contributed by atoms with Gasteiger partial charge in [-0.2, -0.15) is 0 Å². The van der Waals surface area contributed by atoms with Gasteiger partial charge in [-0.25, -0.2) is 0 Å². The third-order valence-corrected chi connectivity index (χ3v) is 4.32. The first-order valence-corrected chi connectivity index (χ1v) is 8.03. The third-order valence-electron chi connectivity index (χ3n) is 4.32. The predicted octanol–water partition coefficient (Wildman–Crippen LogP) is 3.88. The maximum absolute atomic E-state index is 12.4. The Kier molecular flexibility index (Phi) is 4.23. The topological polar surface area (TPSA) is 37.4 Å². The van der Waals surface area contributed by atoms with Crippen LogP contribution in [-0.4, -0.2) is 18.2 Å². The molecule has 1 aliphatic heterocycles. The molecule has 2 aromatic rings. The molecule has 0 saturated heterocycles. The maximum Gasteiger partial charge on any atom is 0.234 e. The van der Waals surface area contributed by atoms with Gasteiger partial charge in [0.15, 0.2) is 0 Å². The van der Waals surface area contributed by atoms with E-state index in [1.807, 2.05) is 41.3 Å². The number of Topliss-reactive ketones (excluding diaryl/α,β-unsaturated/α-hetero) is 1. The molecule has 0 spiro atoms. The second-order valence-electron chi connectivity index (χ2n) is 5.93. The van der Waals surface area contributed by atoms with Gasteiger partial charge in [-0.05, 0) is 28.8 Å². The van der Waals surface area contributed by atoms with Crippen molar-refractivity contribution in [3.8, 4) is 0 Å². The Balaban J connectivity index is 2.08. The molecule has 22 heavy (non-hydrogen) atoms. The summed E-state index contributed by atoms with van der Waals surface area (Å²) in [4.78, 5) is 26.4. The first-order chi connectivity index (χ1) is 10.7. The number of unbranched alkanes of at least 4 members (excludes halogenated alkanes) is 2. The molecule has 0 aliphatic carbocycles. The summed E-state index contributed by atoms with van der Waals surface area (Å²) in [6.07, 6.45) is 3.57. The lowest BCUT2D eigenvalue weighted by atomic mass is 9.98. The van der Waals surface area contributed by atoms with Crippen molar-refractivity contribution < 1.29 is 9.59 Å². The molecule has 1 heterocycles. The highest BCUT2D eigenvalue weighted by molar-refractivity contribution is 6.11. The van der Waals surface area contributed by atoms with E-state index in [0.29, 0.717) is 13.0 Å². The molecule has 0 unspecified atom stereocenters. The van der Waals surface area contributed by atoms with Crippen LogP contribution < -0.4 is 4.90 Å². The number of nitrogens with zero attached hydrogens (tertiary/aromatic N) is 1. The van der Waals surface area contributed by atoms with E-state index in [4.69, 9.17) is 0 Å². The highest BCUT2D eigenvalue weighted by Gasteiger charge is 2.27. The van der Waals surface area contributed by atoms with Crippen LogP contribution in [0.25, 0.3) is 10.8 Å². The second-order valence-corrected chi connectivity index (χ2v) is 5.93. The van der Waals surface area contributed by atoms with Crippen molar-refractivity contribution >= 4 is 28.2 Å². The summed E-state index contributed by atoms with van der Waals surface area (Å²) in [5.74, 6) is -0.0456. The number of hydrogen-bond acceptors (Lipinski definition) is 2. The average Bonchev–Trinajstić information content (AvgIpc) is 2.64. The highest BCUT2D eigenvalue weighted by atomic mass is 16.2. The molecule has 0 atom stereocenters. The summed E-state index contributed by atoms with van der Waals surface area (Å²) < 4.78 is 0. The predicted molar refractivity (Wildman–Crippen MR) is 89.2 cm³/mol. The summed E-state index contributed by atoms with van der Waals surface area (Å²) in [5, 5.41) is 2.21. The lowest BCUT2D eigenvalue weighted by Crippen LogP contribution is -2.32. The zero-order valence-corrected chi connectivity index (χ0v) is 13.0. The van der Waals surface area contributed by atoms with Crippen molar-refractivity contribution in [1.29, 1.82) is 0 Å². The smallest absolute Gasteiger partial charge is 0.234 e. The highest BCUT2D eigenvalue weighted by Crippen LogP contribution is 2.32. The van der Waals surface area contributed by atoms with Crippen LogP contribution >= 0.6 is 0 Å². The minimum atomic E-state index is -0.0601. The SMILES string of the molecule is CCCCCN1C(=O)CC(=O)Cc2c1ccc1ccccc21. The van der Waals surface area contributed by atoms with E-state index >= 15 is 0 Å². The number of ketones is 1. The summed E-state index contributed by atoms with van der Waals surface area (Å²) in [7, 11) is 0. The number of hydrogen-bond donors (Lipinski definition) is 0. The first-order valence-electron chi connectivity index (χ1n) is 8.03. The van der Waals surface area contributed by atoms with Crippen molar-refractivity contribution in [2.24, 2.45) is 0 Å². The van der Waals surface area contributed by atoms with Gasteiger partial charge in [-0.3, -0.25) is 9.59 Å². The van der Waals surface area contributed by atoms with Crippen LogP contribution in [0.4, 0.5) is 5.69 Å². The molecule has 0 fully saturated rings. The van der Waals surface area contributed by atoms with Crippen LogP contribution in [0.3, 0.4) is 0 Å². The largest absolute Gasteiger partial charge is 0.312 e. The van der Waals surface area contributed by atoms with E-state index in [2.05, 4.69) is 6.92 Å². The van der Waals surface area contributed by atoms with Gasteiger partial charge in [0.1, 0.15) is 5.78 Å². The average molecular weight is 295 g/mol. The minimum absolute atomic E-state index is 0.0144. The first kappa shape index (κ1) is 14.8. The molecule has 0 saturated carbocycles. The number of amides is 1. The molecule has 0 aromatic heterocycles. The molecular weight excluding hydrogens is 274 g/mol.